The van der Waals surface area contributed by atoms with Crippen molar-refractivity contribution in [3.05, 3.63) is 22.1 Å². The van der Waals surface area contributed by atoms with E-state index in [4.69, 9.17) is 4.98 Å². The maximum atomic E-state index is 4.69. The molecule has 88 valence electrons. The van der Waals surface area contributed by atoms with Crippen LogP contribution in [0.4, 0.5) is 0 Å². The second kappa shape index (κ2) is 4.03. The summed E-state index contributed by atoms with van der Waals surface area (Å²) < 4.78 is 2.62. The van der Waals surface area contributed by atoms with E-state index in [1.807, 2.05) is 22.7 Å². The van der Waals surface area contributed by atoms with Gasteiger partial charge in [0, 0.05) is 5.92 Å². The molecule has 0 unspecified atom stereocenters. The molecule has 0 radical (unpaired) electrons. The average Bonchev–Trinajstić information content (AvgIpc) is 2.91. The quantitative estimate of drug-likeness (QED) is 0.675. The van der Waals surface area contributed by atoms with Crippen LogP contribution in [0.25, 0.3) is 20.4 Å². The maximum absolute atomic E-state index is 4.69. The minimum atomic E-state index is 0.501. The van der Waals surface area contributed by atoms with Gasteiger partial charge in [0.2, 0.25) is 0 Å². The second-order valence-electron chi connectivity index (χ2n) is 4.43. The molecule has 1 aromatic carbocycles. The van der Waals surface area contributed by atoms with E-state index in [1.54, 1.807) is 0 Å². The Labute approximate surface area is 108 Å². The van der Waals surface area contributed by atoms with Crippen molar-refractivity contribution in [3.63, 3.8) is 0 Å². The fraction of sp³-hybridized carbons (Fsp3) is 0.385. The fourth-order valence-corrected chi connectivity index (χ4v) is 4.03. The molecule has 2 nitrogen and oxygen atoms in total. The topological polar surface area (TPSA) is 25.8 Å². The van der Waals surface area contributed by atoms with Gasteiger partial charge in [0.25, 0.3) is 0 Å². The zero-order chi connectivity index (χ0) is 12.0. The van der Waals surface area contributed by atoms with Crippen molar-refractivity contribution < 1.29 is 0 Å². The molecular weight excluding hydrogens is 248 g/mol. The summed E-state index contributed by atoms with van der Waals surface area (Å²) in [6.07, 6.45) is 1.01. The van der Waals surface area contributed by atoms with Crippen LogP contribution < -0.4 is 0 Å². The van der Waals surface area contributed by atoms with Gasteiger partial charge >= 0.3 is 0 Å². The molecule has 0 amide bonds. The minimum absolute atomic E-state index is 0.501. The number of aromatic nitrogens is 2. The Kier molecular flexibility index (Phi) is 2.64. The molecule has 0 spiro atoms. The van der Waals surface area contributed by atoms with Crippen molar-refractivity contribution in [1.82, 2.24) is 9.97 Å². The normalized spacial score (nSPS) is 12.0. The first-order valence-electron chi connectivity index (χ1n) is 5.88. The van der Waals surface area contributed by atoms with E-state index in [0.29, 0.717) is 5.92 Å². The number of nitrogens with zero attached hydrogens (tertiary/aromatic N) is 2. The molecule has 3 aromatic rings. The standard InChI is InChI=1S/C13H14N2S2/c1-4-10-14-8-5-6-9-12(11(8)16-10)17-13(15-9)7(2)3/h5-7H,4H2,1-3H3. The monoisotopic (exact) mass is 262 g/mol. The highest BCUT2D eigenvalue weighted by molar-refractivity contribution is 7.26. The van der Waals surface area contributed by atoms with Crippen molar-refractivity contribution in [2.75, 3.05) is 0 Å². The van der Waals surface area contributed by atoms with Crippen LogP contribution in [0.5, 0.6) is 0 Å². The summed E-state index contributed by atoms with van der Waals surface area (Å²) >= 11 is 3.63. The van der Waals surface area contributed by atoms with Gasteiger partial charge in [0.1, 0.15) is 0 Å². The lowest BCUT2D eigenvalue weighted by atomic mass is 10.2. The largest absolute Gasteiger partial charge is 0.241 e. The molecule has 2 heterocycles. The highest BCUT2D eigenvalue weighted by atomic mass is 32.1. The van der Waals surface area contributed by atoms with Crippen LogP contribution in [-0.4, -0.2) is 9.97 Å². The van der Waals surface area contributed by atoms with Crippen molar-refractivity contribution in [2.24, 2.45) is 0 Å². The van der Waals surface area contributed by atoms with Gasteiger partial charge in [0.15, 0.2) is 0 Å². The predicted molar refractivity (Wildman–Crippen MR) is 76.3 cm³/mol. The van der Waals surface area contributed by atoms with E-state index in [0.717, 1.165) is 17.5 Å². The third-order valence-electron chi connectivity index (χ3n) is 2.77. The number of fused-ring (bicyclic) bond motifs is 3. The highest BCUT2D eigenvalue weighted by Crippen LogP contribution is 2.36. The number of hydrogen-bond donors (Lipinski definition) is 0. The third kappa shape index (κ3) is 1.76. The van der Waals surface area contributed by atoms with Crippen LogP contribution in [0, 0.1) is 0 Å². The fourth-order valence-electron chi connectivity index (χ4n) is 1.83. The molecule has 2 aromatic heterocycles. The molecule has 0 aliphatic rings. The van der Waals surface area contributed by atoms with E-state index in [2.05, 4.69) is 37.9 Å². The van der Waals surface area contributed by atoms with Gasteiger partial charge in [-0.25, -0.2) is 9.97 Å². The second-order valence-corrected chi connectivity index (χ2v) is 6.54. The van der Waals surface area contributed by atoms with Crippen LogP contribution in [0.15, 0.2) is 12.1 Å². The first-order chi connectivity index (χ1) is 8.19. The summed E-state index contributed by atoms with van der Waals surface area (Å²) in [5.41, 5.74) is 2.25. The Bertz CT molecular complexity index is 679. The number of hydrogen-bond acceptors (Lipinski definition) is 4. The van der Waals surface area contributed by atoms with E-state index in [1.165, 1.54) is 19.4 Å². The number of benzene rings is 1. The summed E-state index contributed by atoms with van der Waals surface area (Å²) in [6.45, 7) is 6.54. The Morgan fingerprint density at radius 2 is 1.71 bits per heavy atom. The minimum Gasteiger partial charge on any atom is -0.241 e. The van der Waals surface area contributed by atoms with Gasteiger partial charge in [-0.3, -0.25) is 0 Å². The molecule has 3 rings (SSSR count). The molecule has 0 aliphatic heterocycles. The van der Waals surface area contributed by atoms with Crippen molar-refractivity contribution in [1.29, 1.82) is 0 Å². The lowest BCUT2D eigenvalue weighted by Gasteiger charge is -1.94. The first-order valence-corrected chi connectivity index (χ1v) is 7.51. The molecule has 0 N–H and O–H groups in total. The molecular formula is C13H14N2S2. The molecule has 0 fully saturated rings. The van der Waals surface area contributed by atoms with E-state index >= 15 is 0 Å². The molecule has 0 bridgehead atoms. The van der Waals surface area contributed by atoms with Crippen LogP contribution in [0.2, 0.25) is 0 Å². The Hall–Kier alpha value is -1.00. The predicted octanol–water partition coefficient (Wildman–Crippen LogP) is 4.59. The summed E-state index contributed by atoms with van der Waals surface area (Å²) in [7, 11) is 0. The summed E-state index contributed by atoms with van der Waals surface area (Å²) in [5.74, 6) is 0.501. The molecule has 4 heteroatoms. The lowest BCUT2D eigenvalue weighted by molar-refractivity contribution is 0.857. The molecule has 0 atom stereocenters. The molecule has 17 heavy (non-hydrogen) atoms. The van der Waals surface area contributed by atoms with Gasteiger partial charge in [-0.15, -0.1) is 22.7 Å². The van der Waals surface area contributed by atoms with Gasteiger partial charge in [-0.1, -0.05) is 20.8 Å². The van der Waals surface area contributed by atoms with Crippen LogP contribution in [-0.2, 0) is 6.42 Å². The Morgan fingerprint density at radius 3 is 2.35 bits per heavy atom. The van der Waals surface area contributed by atoms with Gasteiger partial charge in [0.05, 0.1) is 30.4 Å². The average molecular weight is 262 g/mol. The maximum Gasteiger partial charge on any atom is 0.0964 e. The molecule has 0 saturated carbocycles. The van der Waals surface area contributed by atoms with Crippen molar-refractivity contribution in [3.8, 4) is 0 Å². The van der Waals surface area contributed by atoms with Gasteiger partial charge in [-0.05, 0) is 18.6 Å². The van der Waals surface area contributed by atoms with Crippen molar-refractivity contribution in [2.45, 2.75) is 33.1 Å². The lowest BCUT2D eigenvalue weighted by Crippen LogP contribution is -1.82. The van der Waals surface area contributed by atoms with Gasteiger partial charge < -0.3 is 0 Å². The SMILES string of the molecule is CCc1nc2ccc3nc(C(C)C)sc3c2s1. The molecule has 0 aliphatic carbocycles. The first kappa shape index (κ1) is 11.1. The van der Waals surface area contributed by atoms with E-state index < -0.39 is 0 Å². The van der Waals surface area contributed by atoms with E-state index in [-0.39, 0.29) is 0 Å². The number of aryl methyl sites for hydroxylation is 1. The summed E-state index contributed by atoms with van der Waals surface area (Å²) in [6, 6.07) is 4.19. The zero-order valence-electron chi connectivity index (χ0n) is 10.2. The molecule has 0 saturated heterocycles. The zero-order valence-corrected chi connectivity index (χ0v) is 11.8. The summed E-state index contributed by atoms with van der Waals surface area (Å²) in [5, 5.41) is 2.44. The highest BCUT2D eigenvalue weighted by Gasteiger charge is 2.12. The van der Waals surface area contributed by atoms with Crippen molar-refractivity contribution >= 4 is 43.1 Å². The number of thiazole rings is 2. The summed E-state index contributed by atoms with van der Waals surface area (Å²) in [4.78, 5) is 9.33. The van der Waals surface area contributed by atoms with Crippen LogP contribution in [0.1, 0.15) is 36.7 Å². The Morgan fingerprint density at radius 1 is 1.06 bits per heavy atom. The van der Waals surface area contributed by atoms with Crippen LogP contribution >= 0.6 is 22.7 Å². The van der Waals surface area contributed by atoms with Gasteiger partial charge in [-0.2, -0.15) is 0 Å². The van der Waals surface area contributed by atoms with E-state index in [9.17, 15) is 0 Å². The smallest absolute Gasteiger partial charge is 0.0964 e. The van der Waals surface area contributed by atoms with Crippen LogP contribution in [0.3, 0.4) is 0 Å². The Balaban J connectivity index is 2.33. The number of rotatable bonds is 2. The third-order valence-corrected chi connectivity index (χ3v) is 5.52.